The van der Waals surface area contributed by atoms with Crippen LogP contribution in [0.25, 0.3) is 0 Å². The molecule has 0 aliphatic carbocycles. The number of nitrogens with zero attached hydrogens (tertiary/aromatic N) is 1. The molecule has 0 fully saturated rings. The van der Waals surface area contributed by atoms with Gasteiger partial charge in [-0.3, -0.25) is 4.79 Å². The van der Waals surface area contributed by atoms with E-state index >= 15 is 0 Å². The van der Waals surface area contributed by atoms with E-state index in [-0.39, 0.29) is 5.91 Å². The van der Waals surface area contributed by atoms with Crippen LogP contribution in [0.5, 0.6) is 0 Å². The maximum absolute atomic E-state index is 11.8. The van der Waals surface area contributed by atoms with Gasteiger partial charge in [0.1, 0.15) is 0 Å². The smallest absolute Gasteiger partial charge is 0.251 e. The summed E-state index contributed by atoms with van der Waals surface area (Å²) in [5.41, 5.74) is 6.44. The van der Waals surface area contributed by atoms with Crippen LogP contribution >= 0.6 is 0 Å². The van der Waals surface area contributed by atoms with E-state index in [1.54, 1.807) is 24.3 Å². The predicted molar refractivity (Wildman–Crippen MR) is 71.0 cm³/mol. The number of nitrogens with two attached hydrogens (primary N) is 1. The summed E-state index contributed by atoms with van der Waals surface area (Å²) in [4.78, 5) is 11.8. The summed E-state index contributed by atoms with van der Waals surface area (Å²) in [6.07, 6.45) is 4.19. The van der Waals surface area contributed by atoms with Crippen LogP contribution in [0.2, 0.25) is 0 Å². The molecule has 4 heteroatoms. The minimum absolute atomic E-state index is 0.120. The normalized spacial score (nSPS) is 9.78. The van der Waals surface area contributed by atoms with Gasteiger partial charge in [-0.15, -0.1) is 0 Å². The van der Waals surface area contributed by atoms with Crippen LogP contribution in [-0.2, 0) is 0 Å². The van der Waals surface area contributed by atoms with Crippen LogP contribution in [-0.4, -0.2) is 19.0 Å². The number of benzene rings is 1. The third-order valence-electron chi connectivity index (χ3n) is 2.67. The van der Waals surface area contributed by atoms with Gasteiger partial charge in [0, 0.05) is 12.1 Å². The summed E-state index contributed by atoms with van der Waals surface area (Å²) in [7, 11) is 0. The van der Waals surface area contributed by atoms with Gasteiger partial charge in [-0.25, -0.2) is 0 Å². The van der Waals surface area contributed by atoms with Crippen molar-refractivity contribution in [2.24, 2.45) is 5.73 Å². The average Bonchev–Trinajstić information content (AvgIpc) is 2.42. The van der Waals surface area contributed by atoms with Gasteiger partial charge in [0.2, 0.25) is 0 Å². The number of rotatable bonds is 7. The lowest BCUT2D eigenvalue weighted by Crippen LogP contribution is -2.24. The molecule has 0 atom stereocenters. The molecule has 3 N–H and O–H groups in total. The Morgan fingerprint density at radius 2 is 2.06 bits per heavy atom. The summed E-state index contributed by atoms with van der Waals surface area (Å²) >= 11 is 0. The molecule has 0 heterocycles. The molecule has 0 unspecified atom stereocenters. The van der Waals surface area contributed by atoms with Crippen molar-refractivity contribution in [1.29, 1.82) is 5.26 Å². The second-order valence-corrected chi connectivity index (χ2v) is 4.15. The zero-order chi connectivity index (χ0) is 13.2. The van der Waals surface area contributed by atoms with E-state index < -0.39 is 0 Å². The Morgan fingerprint density at radius 3 is 2.78 bits per heavy atom. The monoisotopic (exact) mass is 245 g/mol. The standard InChI is InChI=1S/C14H19N3O/c15-8-3-1-2-4-9-17-14(18)13-7-5-6-12(10-13)11-16/h5-7,10H,1-4,8-9,15H2,(H,17,18). The molecule has 1 amide bonds. The summed E-state index contributed by atoms with van der Waals surface area (Å²) in [6.45, 7) is 1.40. The van der Waals surface area contributed by atoms with Crippen LogP contribution in [0.15, 0.2) is 24.3 Å². The highest BCUT2D eigenvalue weighted by atomic mass is 16.1. The first-order chi connectivity index (χ1) is 8.77. The number of amides is 1. The Hall–Kier alpha value is -1.86. The second-order valence-electron chi connectivity index (χ2n) is 4.15. The molecule has 0 aliphatic heterocycles. The first-order valence-corrected chi connectivity index (χ1v) is 6.26. The summed E-state index contributed by atoms with van der Waals surface area (Å²) in [5.74, 6) is -0.120. The maximum atomic E-state index is 11.8. The number of nitrogens with one attached hydrogen (secondary N) is 1. The number of carbonyl (C=O) groups excluding carboxylic acids is 1. The van der Waals surface area contributed by atoms with E-state index in [0.29, 0.717) is 17.7 Å². The molecule has 0 bridgehead atoms. The third kappa shape index (κ3) is 4.98. The van der Waals surface area contributed by atoms with Crippen molar-refractivity contribution >= 4 is 5.91 Å². The van der Waals surface area contributed by atoms with Crippen LogP contribution in [0.4, 0.5) is 0 Å². The van der Waals surface area contributed by atoms with Crippen molar-refractivity contribution in [1.82, 2.24) is 5.32 Å². The number of nitriles is 1. The number of unbranched alkanes of at least 4 members (excludes halogenated alkanes) is 3. The van der Waals surface area contributed by atoms with Crippen LogP contribution in [0, 0.1) is 11.3 Å². The van der Waals surface area contributed by atoms with Crippen molar-refractivity contribution in [3.63, 3.8) is 0 Å². The molecule has 4 nitrogen and oxygen atoms in total. The fourth-order valence-corrected chi connectivity index (χ4v) is 1.66. The van der Waals surface area contributed by atoms with Gasteiger partial charge >= 0.3 is 0 Å². The molecular formula is C14H19N3O. The first-order valence-electron chi connectivity index (χ1n) is 6.26. The zero-order valence-corrected chi connectivity index (χ0v) is 10.5. The van der Waals surface area contributed by atoms with Crippen LogP contribution in [0.1, 0.15) is 41.6 Å². The highest BCUT2D eigenvalue weighted by Gasteiger charge is 2.04. The molecule has 1 aromatic rings. The fourth-order valence-electron chi connectivity index (χ4n) is 1.66. The lowest BCUT2D eigenvalue weighted by molar-refractivity contribution is 0.0953. The Labute approximate surface area is 108 Å². The zero-order valence-electron chi connectivity index (χ0n) is 10.5. The Morgan fingerprint density at radius 1 is 1.28 bits per heavy atom. The van der Waals surface area contributed by atoms with Gasteiger partial charge < -0.3 is 11.1 Å². The Kier molecular flexibility index (Phi) is 6.52. The topological polar surface area (TPSA) is 78.9 Å². The van der Waals surface area contributed by atoms with Crippen molar-refractivity contribution in [3.8, 4) is 6.07 Å². The molecule has 0 saturated carbocycles. The van der Waals surface area contributed by atoms with Gasteiger partial charge in [0.15, 0.2) is 0 Å². The molecule has 0 aromatic heterocycles. The minimum atomic E-state index is -0.120. The SMILES string of the molecule is N#Cc1cccc(C(=O)NCCCCCCN)c1. The first kappa shape index (κ1) is 14.2. The van der Waals surface area contributed by atoms with Gasteiger partial charge in [0.25, 0.3) is 5.91 Å². The number of hydrogen-bond donors (Lipinski definition) is 2. The quantitative estimate of drug-likeness (QED) is 0.719. The van der Waals surface area contributed by atoms with Gasteiger partial charge in [-0.2, -0.15) is 5.26 Å². The summed E-state index contributed by atoms with van der Waals surface area (Å²) in [6, 6.07) is 8.74. The summed E-state index contributed by atoms with van der Waals surface area (Å²) < 4.78 is 0. The molecular weight excluding hydrogens is 226 g/mol. The molecule has 1 rings (SSSR count). The highest BCUT2D eigenvalue weighted by molar-refractivity contribution is 5.94. The molecule has 0 saturated heterocycles. The van der Waals surface area contributed by atoms with E-state index in [2.05, 4.69) is 5.32 Å². The molecule has 96 valence electrons. The van der Waals surface area contributed by atoms with E-state index in [1.165, 1.54) is 0 Å². The third-order valence-corrected chi connectivity index (χ3v) is 2.67. The van der Waals surface area contributed by atoms with Crippen LogP contribution in [0.3, 0.4) is 0 Å². The van der Waals surface area contributed by atoms with Gasteiger partial charge in [-0.1, -0.05) is 18.9 Å². The van der Waals surface area contributed by atoms with E-state index in [9.17, 15) is 4.79 Å². The van der Waals surface area contributed by atoms with Crippen LogP contribution < -0.4 is 11.1 Å². The second kappa shape index (κ2) is 8.26. The highest BCUT2D eigenvalue weighted by Crippen LogP contribution is 2.04. The number of hydrogen-bond acceptors (Lipinski definition) is 3. The van der Waals surface area contributed by atoms with E-state index in [0.717, 1.165) is 32.2 Å². The van der Waals surface area contributed by atoms with Crippen molar-refractivity contribution in [3.05, 3.63) is 35.4 Å². The maximum Gasteiger partial charge on any atom is 0.251 e. The average molecular weight is 245 g/mol. The lowest BCUT2D eigenvalue weighted by atomic mass is 10.1. The van der Waals surface area contributed by atoms with Crippen molar-refractivity contribution in [2.45, 2.75) is 25.7 Å². The van der Waals surface area contributed by atoms with Crippen molar-refractivity contribution < 1.29 is 4.79 Å². The minimum Gasteiger partial charge on any atom is -0.352 e. The summed E-state index contributed by atoms with van der Waals surface area (Å²) in [5, 5.41) is 11.6. The fraction of sp³-hybridized carbons (Fsp3) is 0.429. The molecule has 18 heavy (non-hydrogen) atoms. The van der Waals surface area contributed by atoms with Gasteiger partial charge in [0.05, 0.1) is 11.6 Å². The lowest BCUT2D eigenvalue weighted by Gasteiger charge is -2.05. The molecule has 0 aliphatic rings. The Balaban J connectivity index is 2.30. The Bertz CT molecular complexity index is 423. The molecule has 0 radical (unpaired) electrons. The largest absolute Gasteiger partial charge is 0.352 e. The molecule has 1 aromatic carbocycles. The molecule has 0 spiro atoms. The predicted octanol–water partition coefficient (Wildman–Crippen LogP) is 1.81. The van der Waals surface area contributed by atoms with E-state index in [1.807, 2.05) is 6.07 Å². The number of carbonyl (C=O) groups is 1. The van der Waals surface area contributed by atoms with Crippen molar-refractivity contribution in [2.75, 3.05) is 13.1 Å². The van der Waals surface area contributed by atoms with E-state index in [4.69, 9.17) is 11.0 Å². The van der Waals surface area contributed by atoms with Gasteiger partial charge in [-0.05, 0) is 37.6 Å².